The molecule has 6 heteroatoms. The number of anilines is 1. The maximum atomic E-state index is 12.7. The van der Waals surface area contributed by atoms with Gasteiger partial charge in [0.2, 0.25) is 5.91 Å². The van der Waals surface area contributed by atoms with Crippen LogP contribution in [0.2, 0.25) is 0 Å². The first kappa shape index (κ1) is 19.8. The van der Waals surface area contributed by atoms with Gasteiger partial charge in [-0.2, -0.15) is 0 Å². The average molecular weight is 394 g/mol. The number of carbonyl (C=O) groups excluding carboxylic acids is 1. The van der Waals surface area contributed by atoms with E-state index in [0.717, 1.165) is 55.4 Å². The smallest absolute Gasteiger partial charge is 0.222 e. The normalized spacial score (nSPS) is 18.1. The molecule has 2 aromatic rings. The van der Waals surface area contributed by atoms with Crippen LogP contribution in [0.4, 0.5) is 5.82 Å². The Hall–Kier alpha value is -2.50. The van der Waals surface area contributed by atoms with Crippen LogP contribution in [0.3, 0.4) is 0 Å². The number of hydrogen-bond acceptors (Lipinski definition) is 5. The third-order valence-corrected chi connectivity index (χ3v) is 6.38. The summed E-state index contributed by atoms with van der Waals surface area (Å²) in [5.41, 5.74) is 2.87. The summed E-state index contributed by atoms with van der Waals surface area (Å²) in [7, 11) is 0. The van der Waals surface area contributed by atoms with E-state index in [1.807, 2.05) is 30.0 Å². The summed E-state index contributed by atoms with van der Waals surface area (Å²) in [4.78, 5) is 31.0. The van der Waals surface area contributed by atoms with E-state index in [4.69, 9.17) is 4.98 Å². The maximum absolute atomic E-state index is 12.7. The SMILES string of the molecule is Cc1nc(-c2ccccn2)nc(N2CCN(C(=O)CC3CCCCC3)CC2)c1C. The van der Waals surface area contributed by atoms with Crippen LogP contribution in [0.15, 0.2) is 24.4 Å². The fourth-order valence-electron chi connectivity index (χ4n) is 4.47. The van der Waals surface area contributed by atoms with Crippen LogP contribution in [-0.4, -0.2) is 51.9 Å². The summed E-state index contributed by atoms with van der Waals surface area (Å²) >= 11 is 0. The van der Waals surface area contributed by atoms with Crippen molar-refractivity contribution in [1.82, 2.24) is 19.9 Å². The highest BCUT2D eigenvalue weighted by Crippen LogP contribution is 2.28. The van der Waals surface area contributed by atoms with Gasteiger partial charge in [0.05, 0.1) is 0 Å². The van der Waals surface area contributed by atoms with Crippen molar-refractivity contribution in [2.24, 2.45) is 5.92 Å². The van der Waals surface area contributed by atoms with E-state index in [2.05, 4.69) is 21.8 Å². The number of aromatic nitrogens is 3. The number of amides is 1. The fraction of sp³-hybridized carbons (Fsp3) is 0.565. The van der Waals surface area contributed by atoms with Gasteiger partial charge in [-0.25, -0.2) is 9.97 Å². The van der Waals surface area contributed by atoms with Gasteiger partial charge in [0.1, 0.15) is 11.5 Å². The van der Waals surface area contributed by atoms with Gasteiger partial charge in [0.15, 0.2) is 5.82 Å². The molecule has 0 atom stereocenters. The molecular weight excluding hydrogens is 362 g/mol. The highest BCUT2D eigenvalue weighted by atomic mass is 16.2. The molecule has 3 heterocycles. The molecule has 6 nitrogen and oxygen atoms in total. The van der Waals surface area contributed by atoms with E-state index in [1.54, 1.807) is 6.20 Å². The van der Waals surface area contributed by atoms with Crippen LogP contribution in [-0.2, 0) is 4.79 Å². The Morgan fingerprint density at radius 2 is 1.79 bits per heavy atom. The molecule has 2 fully saturated rings. The molecule has 1 aliphatic carbocycles. The lowest BCUT2D eigenvalue weighted by molar-refractivity contribution is -0.132. The first-order valence-electron chi connectivity index (χ1n) is 10.9. The van der Waals surface area contributed by atoms with E-state index in [-0.39, 0.29) is 0 Å². The summed E-state index contributed by atoms with van der Waals surface area (Å²) in [6.07, 6.45) is 8.86. The van der Waals surface area contributed by atoms with E-state index in [1.165, 1.54) is 32.1 Å². The topological polar surface area (TPSA) is 62.2 Å². The number of aryl methyl sites for hydroxylation is 1. The summed E-state index contributed by atoms with van der Waals surface area (Å²) in [6, 6.07) is 5.79. The van der Waals surface area contributed by atoms with Crippen molar-refractivity contribution >= 4 is 11.7 Å². The zero-order valence-electron chi connectivity index (χ0n) is 17.6. The van der Waals surface area contributed by atoms with Crippen LogP contribution >= 0.6 is 0 Å². The Morgan fingerprint density at radius 3 is 2.48 bits per heavy atom. The Labute approximate surface area is 173 Å². The Kier molecular flexibility index (Phi) is 6.07. The Balaban J connectivity index is 1.43. The van der Waals surface area contributed by atoms with Gasteiger partial charge in [-0.15, -0.1) is 0 Å². The molecule has 0 spiro atoms. The predicted molar refractivity (Wildman–Crippen MR) is 115 cm³/mol. The van der Waals surface area contributed by atoms with Crippen LogP contribution in [0.5, 0.6) is 0 Å². The van der Waals surface area contributed by atoms with E-state index >= 15 is 0 Å². The summed E-state index contributed by atoms with van der Waals surface area (Å²) < 4.78 is 0. The van der Waals surface area contributed by atoms with Crippen molar-refractivity contribution in [2.75, 3.05) is 31.1 Å². The molecule has 1 saturated heterocycles. The lowest BCUT2D eigenvalue weighted by atomic mass is 9.86. The summed E-state index contributed by atoms with van der Waals surface area (Å²) in [6.45, 7) is 7.27. The minimum atomic E-state index is 0.335. The van der Waals surface area contributed by atoms with Crippen molar-refractivity contribution in [1.29, 1.82) is 0 Å². The first-order chi connectivity index (χ1) is 14.1. The molecule has 0 unspecified atom stereocenters. The van der Waals surface area contributed by atoms with E-state index in [9.17, 15) is 4.79 Å². The number of carbonyl (C=O) groups is 1. The zero-order chi connectivity index (χ0) is 20.2. The van der Waals surface area contributed by atoms with E-state index < -0.39 is 0 Å². The molecule has 1 amide bonds. The Bertz CT molecular complexity index is 840. The van der Waals surface area contributed by atoms with Crippen LogP contribution in [0.25, 0.3) is 11.5 Å². The highest BCUT2D eigenvalue weighted by molar-refractivity contribution is 5.76. The third-order valence-electron chi connectivity index (χ3n) is 6.38. The molecule has 0 N–H and O–H groups in total. The Morgan fingerprint density at radius 1 is 1.03 bits per heavy atom. The van der Waals surface area contributed by atoms with Crippen molar-refractivity contribution in [3.05, 3.63) is 35.7 Å². The van der Waals surface area contributed by atoms with Crippen LogP contribution < -0.4 is 4.90 Å². The van der Waals surface area contributed by atoms with Crippen molar-refractivity contribution in [3.63, 3.8) is 0 Å². The largest absolute Gasteiger partial charge is 0.353 e. The molecule has 4 rings (SSSR count). The molecule has 1 saturated carbocycles. The molecule has 1 aliphatic heterocycles. The second kappa shape index (κ2) is 8.89. The molecule has 0 radical (unpaired) electrons. The lowest BCUT2D eigenvalue weighted by Crippen LogP contribution is -2.49. The van der Waals surface area contributed by atoms with Gasteiger partial charge in [0.25, 0.3) is 0 Å². The van der Waals surface area contributed by atoms with Crippen molar-refractivity contribution < 1.29 is 4.79 Å². The number of pyridine rings is 1. The minimum Gasteiger partial charge on any atom is -0.353 e. The molecule has 2 aliphatic rings. The van der Waals surface area contributed by atoms with Gasteiger partial charge in [-0.05, 0) is 44.7 Å². The fourth-order valence-corrected chi connectivity index (χ4v) is 4.47. The zero-order valence-corrected chi connectivity index (χ0v) is 17.6. The first-order valence-corrected chi connectivity index (χ1v) is 10.9. The molecular formula is C23H31N5O. The van der Waals surface area contributed by atoms with Gasteiger partial charge in [0, 0.05) is 50.1 Å². The van der Waals surface area contributed by atoms with Gasteiger partial charge in [-0.3, -0.25) is 9.78 Å². The highest BCUT2D eigenvalue weighted by Gasteiger charge is 2.26. The molecule has 2 aromatic heterocycles. The van der Waals surface area contributed by atoms with E-state index in [0.29, 0.717) is 17.6 Å². The summed E-state index contributed by atoms with van der Waals surface area (Å²) in [5, 5.41) is 0. The second-order valence-electron chi connectivity index (χ2n) is 8.37. The number of nitrogens with zero attached hydrogens (tertiary/aromatic N) is 5. The molecule has 154 valence electrons. The van der Waals surface area contributed by atoms with Gasteiger partial charge < -0.3 is 9.80 Å². The molecule has 0 aromatic carbocycles. The summed E-state index contributed by atoms with van der Waals surface area (Å²) in [5.74, 6) is 2.57. The average Bonchev–Trinajstić information content (AvgIpc) is 2.77. The lowest BCUT2D eigenvalue weighted by Gasteiger charge is -2.37. The number of hydrogen-bond donors (Lipinski definition) is 0. The number of piperazine rings is 1. The predicted octanol–water partition coefficient (Wildman–Crippen LogP) is 3.77. The maximum Gasteiger partial charge on any atom is 0.222 e. The van der Waals surface area contributed by atoms with Crippen molar-refractivity contribution in [3.8, 4) is 11.5 Å². The standard InChI is InChI=1S/C23H31N5O/c1-17-18(2)25-22(20-10-6-7-11-24-20)26-23(17)28-14-12-27(13-15-28)21(29)16-19-8-4-3-5-9-19/h6-7,10-11,19H,3-5,8-9,12-16H2,1-2H3. The number of rotatable bonds is 4. The van der Waals surface area contributed by atoms with Gasteiger partial charge >= 0.3 is 0 Å². The molecule has 29 heavy (non-hydrogen) atoms. The second-order valence-corrected chi connectivity index (χ2v) is 8.37. The monoisotopic (exact) mass is 393 g/mol. The van der Waals surface area contributed by atoms with Crippen molar-refractivity contribution in [2.45, 2.75) is 52.4 Å². The van der Waals surface area contributed by atoms with Crippen LogP contribution in [0.1, 0.15) is 49.8 Å². The van der Waals surface area contributed by atoms with Crippen LogP contribution in [0, 0.1) is 19.8 Å². The molecule has 0 bridgehead atoms. The third kappa shape index (κ3) is 4.57. The quantitative estimate of drug-likeness (QED) is 0.791. The van der Waals surface area contributed by atoms with Gasteiger partial charge in [-0.1, -0.05) is 25.3 Å². The minimum absolute atomic E-state index is 0.335.